The standard InChI is InChI=1S/C23H42O2/c1-2-3-4-5-6-7-8-9-10-11-12-13-14-15-16-18-21-24-23-20-17-19-22-25-23/h6-7,12-13,23H,2-5,8-11,14-22H2,1H3/b7-6-,13-12-. The predicted molar refractivity (Wildman–Crippen MR) is 109 cm³/mol. The zero-order chi connectivity index (χ0) is 17.8. The van der Waals surface area contributed by atoms with E-state index in [-0.39, 0.29) is 6.29 Å². The monoisotopic (exact) mass is 350 g/mol. The maximum atomic E-state index is 5.76. The summed E-state index contributed by atoms with van der Waals surface area (Å²) in [5.74, 6) is 0. The Morgan fingerprint density at radius 1 is 0.760 bits per heavy atom. The smallest absolute Gasteiger partial charge is 0.157 e. The van der Waals surface area contributed by atoms with Crippen LogP contribution in [-0.4, -0.2) is 19.5 Å². The fraction of sp³-hybridized carbons (Fsp3) is 0.826. The van der Waals surface area contributed by atoms with Gasteiger partial charge in [0.05, 0.1) is 0 Å². The molecule has 25 heavy (non-hydrogen) atoms. The Kier molecular flexibility index (Phi) is 16.3. The van der Waals surface area contributed by atoms with Crippen molar-refractivity contribution in [2.24, 2.45) is 0 Å². The van der Waals surface area contributed by atoms with Crippen molar-refractivity contribution in [3.8, 4) is 0 Å². The van der Waals surface area contributed by atoms with Crippen LogP contribution in [-0.2, 0) is 9.47 Å². The molecule has 2 nitrogen and oxygen atoms in total. The number of allylic oxidation sites excluding steroid dienone is 4. The van der Waals surface area contributed by atoms with Crippen molar-refractivity contribution >= 4 is 0 Å². The lowest BCUT2D eigenvalue weighted by atomic mass is 10.1. The molecule has 1 rings (SSSR count). The summed E-state index contributed by atoms with van der Waals surface area (Å²) in [5, 5.41) is 0. The third-order valence-electron chi connectivity index (χ3n) is 4.76. The van der Waals surface area contributed by atoms with Crippen molar-refractivity contribution in [1.29, 1.82) is 0 Å². The van der Waals surface area contributed by atoms with Crippen LogP contribution in [0.25, 0.3) is 0 Å². The molecule has 0 aromatic heterocycles. The number of hydrogen-bond acceptors (Lipinski definition) is 2. The lowest BCUT2D eigenvalue weighted by Crippen LogP contribution is -2.22. The Morgan fingerprint density at radius 2 is 1.36 bits per heavy atom. The summed E-state index contributed by atoms with van der Waals surface area (Å²) in [7, 11) is 0. The molecule has 0 aliphatic carbocycles. The van der Waals surface area contributed by atoms with E-state index in [2.05, 4.69) is 31.2 Å². The summed E-state index contributed by atoms with van der Waals surface area (Å²) in [4.78, 5) is 0. The van der Waals surface area contributed by atoms with E-state index in [9.17, 15) is 0 Å². The first-order valence-corrected chi connectivity index (χ1v) is 11.0. The predicted octanol–water partition coefficient (Wildman–Crippen LogP) is 7.34. The van der Waals surface area contributed by atoms with Crippen molar-refractivity contribution in [2.75, 3.05) is 13.2 Å². The molecule has 0 aromatic carbocycles. The molecule has 1 unspecified atom stereocenters. The Labute approximate surface area is 157 Å². The highest BCUT2D eigenvalue weighted by Crippen LogP contribution is 2.14. The van der Waals surface area contributed by atoms with Gasteiger partial charge >= 0.3 is 0 Å². The van der Waals surface area contributed by atoms with Crippen molar-refractivity contribution in [3.05, 3.63) is 24.3 Å². The molecule has 2 heteroatoms. The molecule has 146 valence electrons. The first-order valence-electron chi connectivity index (χ1n) is 11.0. The van der Waals surface area contributed by atoms with E-state index in [1.165, 1.54) is 83.5 Å². The van der Waals surface area contributed by atoms with Gasteiger partial charge in [-0.1, -0.05) is 50.5 Å². The lowest BCUT2D eigenvalue weighted by molar-refractivity contribution is -0.162. The number of hydrogen-bond donors (Lipinski definition) is 0. The van der Waals surface area contributed by atoms with Gasteiger partial charge in [-0.2, -0.15) is 0 Å². The van der Waals surface area contributed by atoms with Crippen LogP contribution in [0.15, 0.2) is 24.3 Å². The van der Waals surface area contributed by atoms with E-state index in [0.29, 0.717) is 0 Å². The highest BCUT2D eigenvalue weighted by atomic mass is 16.7. The van der Waals surface area contributed by atoms with Gasteiger partial charge in [-0.3, -0.25) is 0 Å². The van der Waals surface area contributed by atoms with Crippen LogP contribution in [0.4, 0.5) is 0 Å². The second-order valence-electron chi connectivity index (χ2n) is 7.24. The van der Waals surface area contributed by atoms with Crippen molar-refractivity contribution in [1.82, 2.24) is 0 Å². The van der Waals surface area contributed by atoms with Gasteiger partial charge in [0.1, 0.15) is 0 Å². The van der Waals surface area contributed by atoms with Crippen molar-refractivity contribution in [2.45, 2.75) is 110 Å². The van der Waals surface area contributed by atoms with Gasteiger partial charge in [0, 0.05) is 13.2 Å². The SMILES string of the molecule is CCCCC/C=C\CCCC/C=C\CCCCCOC1CCCCO1. The summed E-state index contributed by atoms with van der Waals surface area (Å²) in [5.41, 5.74) is 0. The van der Waals surface area contributed by atoms with Gasteiger partial charge in [-0.25, -0.2) is 0 Å². The van der Waals surface area contributed by atoms with Crippen molar-refractivity contribution in [3.63, 3.8) is 0 Å². The van der Waals surface area contributed by atoms with Gasteiger partial charge in [-0.15, -0.1) is 0 Å². The summed E-state index contributed by atoms with van der Waals surface area (Å²) in [6, 6.07) is 0. The fourth-order valence-electron chi connectivity index (χ4n) is 3.11. The van der Waals surface area contributed by atoms with E-state index >= 15 is 0 Å². The van der Waals surface area contributed by atoms with E-state index in [1.54, 1.807) is 0 Å². The molecule has 0 amide bonds. The summed E-state index contributed by atoms with van der Waals surface area (Å²) in [6.07, 6.45) is 28.5. The second kappa shape index (κ2) is 18.2. The summed E-state index contributed by atoms with van der Waals surface area (Å²) in [6.45, 7) is 4.00. The van der Waals surface area contributed by atoms with Gasteiger partial charge in [0.25, 0.3) is 0 Å². The molecule has 1 heterocycles. The highest BCUT2D eigenvalue weighted by Gasteiger charge is 2.12. The first kappa shape index (κ1) is 22.4. The van der Waals surface area contributed by atoms with Gasteiger partial charge < -0.3 is 9.47 Å². The maximum absolute atomic E-state index is 5.76. The van der Waals surface area contributed by atoms with E-state index < -0.39 is 0 Å². The zero-order valence-corrected chi connectivity index (χ0v) is 16.7. The minimum atomic E-state index is 0.0832. The summed E-state index contributed by atoms with van der Waals surface area (Å²) >= 11 is 0. The Bertz CT molecular complexity index is 316. The Hall–Kier alpha value is -0.600. The molecule has 0 saturated carbocycles. The number of unbranched alkanes of at least 4 members (excludes halogenated alkanes) is 9. The van der Waals surface area contributed by atoms with Crippen molar-refractivity contribution < 1.29 is 9.47 Å². The number of rotatable bonds is 16. The van der Waals surface area contributed by atoms with E-state index in [1.807, 2.05) is 0 Å². The third-order valence-corrected chi connectivity index (χ3v) is 4.76. The molecule has 0 radical (unpaired) electrons. The van der Waals surface area contributed by atoms with Crippen LogP contribution in [0, 0.1) is 0 Å². The third kappa shape index (κ3) is 15.4. The minimum absolute atomic E-state index is 0.0832. The molecule has 1 fully saturated rings. The topological polar surface area (TPSA) is 18.5 Å². The fourth-order valence-corrected chi connectivity index (χ4v) is 3.11. The minimum Gasteiger partial charge on any atom is -0.353 e. The van der Waals surface area contributed by atoms with Crippen LogP contribution >= 0.6 is 0 Å². The first-order chi connectivity index (χ1) is 12.4. The van der Waals surface area contributed by atoms with E-state index in [4.69, 9.17) is 9.47 Å². The summed E-state index contributed by atoms with van der Waals surface area (Å²) < 4.78 is 11.3. The average Bonchev–Trinajstić information content (AvgIpc) is 2.65. The number of ether oxygens (including phenoxy) is 2. The zero-order valence-electron chi connectivity index (χ0n) is 16.7. The Morgan fingerprint density at radius 3 is 1.92 bits per heavy atom. The molecule has 0 spiro atoms. The molecule has 1 aliphatic rings. The van der Waals surface area contributed by atoms with Crippen LogP contribution in [0.5, 0.6) is 0 Å². The Balaban J connectivity index is 1.75. The maximum Gasteiger partial charge on any atom is 0.157 e. The van der Waals surface area contributed by atoms with E-state index in [0.717, 1.165) is 26.1 Å². The second-order valence-corrected chi connectivity index (χ2v) is 7.24. The average molecular weight is 351 g/mol. The van der Waals surface area contributed by atoms with Crippen LogP contribution in [0.3, 0.4) is 0 Å². The molecule has 1 aliphatic heterocycles. The molecule has 0 aromatic rings. The molecular formula is C23H42O2. The van der Waals surface area contributed by atoms with Gasteiger partial charge in [-0.05, 0) is 77.0 Å². The van der Waals surface area contributed by atoms with Gasteiger partial charge in [0.2, 0.25) is 0 Å². The van der Waals surface area contributed by atoms with Crippen LogP contribution < -0.4 is 0 Å². The van der Waals surface area contributed by atoms with Crippen LogP contribution in [0.1, 0.15) is 103 Å². The van der Waals surface area contributed by atoms with Gasteiger partial charge in [0.15, 0.2) is 6.29 Å². The quantitative estimate of drug-likeness (QED) is 0.214. The molecule has 0 N–H and O–H groups in total. The molecule has 1 saturated heterocycles. The molecule has 1 atom stereocenters. The van der Waals surface area contributed by atoms with Crippen LogP contribution in [0.2, 0.25) is 0 Å². The largest absolute Gasteiger partial charge is 0.353 e. The molecular weight excluding hydrogens is 308 g/mol. The molecule has 0 bridgehead atoms. The normalized spacial score (nSPS) is 18.5. The lowest BCUT2D eigenvalue weighted by Gasteiger charge is -2.22. The highest BCUT2D eigenvalue weighted by molar-refractivity contribution is 4.84.